The number of hydrogen-bond donors (Lipinski definition) is 0. The molecule has 0 atom stereocenters. The lowest BCUT2D eigenvalue weighted by Crippen LogP contribution is -2.49. The summed E-state index contributed by atoms with van der Waals surface area (Å²) >= 11 is 12.6. The standard InChI is InChI=1S/C21H23Cl2FN2O2/c1-4-26(3)13-25-20-7-14(2)17(9-19(20)23)21(11-27-12-21)28-10-15-8-16(24)5-6-18(15)22/h5-9,13H,4,10-12H2,1-3H3. The molecule has 28 heavy (non-hydrogen) atoms. The van der Waals surface area contributed by atoms with Crippen molar-refractivity contribution in [2.75, 3.05) is 26.8 Å². The van der Waals surface area contributed by atoms with Crippen molar-refractivity contribution in [1.82, 2.24) is 4.90 Å². The SMILES string of the molecule is CCN(C)C=Nc1cc(C)c(C2(OCc3cc(F)ccc3Cl)COC2)cc1Cl. The second-order valence-corrected chi connectivity index (χ2v) is 7.76. The molecule has 0 aromatic heterocycles. The average molecular weight is 425 g/mol. The molecule has 0 saturated carbocycles. The number of rotatable bonds is 7. The highest BCUT2D eigenvalue weighted by molar-refractivity contribution is 6.33. The third-order valence-corrected chi connectivity index (χ3v) is 5.53. The zero-order chi connectivity index (χ0) is 20.3. The van der Waals surface area contributed by atoms with Gasteiger partial charge in [0.05, 0.1) is 36.9 Å². The maximum Gasteiger partial charge on any atom is 0.140 e. The molecule has 2 aromatic carbocycles. The number of hydrogen-bond acceptors (Lipinski definition) is 3. The number of benzene rings is 2. The Morgan fingerprint density at radius 2 is 2.00 bits per heavy atom. The summed E-state index contributed by atoms with van der Waals surface area (Å²) in [6.07, 6.45) is 1.75. The van der Waals surface area contributed by atoms with Crippen molar-refractivity contribution in [2.24, 2.45) is 4.99 Å². The maximum atomic E-state index is 13.5. The van der Waals surface area contributed by atoms with Gasteiger partial charge >= 0.3 is 0 Å². The maximum absolute atomic E-state index is 13.5. The molecular formula is C21H23Cl2FN2O2. The molecule has 1 aliphatic rings. The number of nitrogens with zero attached hydrogens (tertiary/aromatic N) is 2. The topological polar surface area (TPSA) is 34.1 Å². The highest BCUT2D eigenvalue weighted by Gasteiger charge is 2.43. The molecule has 0 amide bonds. The molecule has 0 bridgehead atoms. The third kappa shape index (κ3) is 4.49. The summed E-state index contributed by atoms with van der Waals surface area (Å²) in [6.45, 7) is 5.88. The second kappa shape index (κ2) is 8.78. The van der Waals surface area contributed by atoms with E-state index in [1.807, 2.05) is 37.9 Å². The van der Waals surface area contributed by atoms with E-state index in [2.05, 4.69) is 4.99 Å². The summed E-state index contributed by atoms with van der Waals surface area (Å²) in [5, 5.41) is 1.01. The van der Waals surface area contributed by atoms with Gasteiger partial charge in [0, 0.05) is 18.6 Å². The Morgan fingerprint density at radius 1 is 1.25 bits per heavy atom. The lowest BCUT2D eigenvalue weighted by Gasteiger charge is -2.42. The Bertz CT molecular complexity index is 885. The Labute approximate surface area is 174 Å². The largest absolute Gasteiger partial charge is 0.375 e. The van der Waals surface area contributed by atoms with Gasteiger partial charge in [-0.05, 0) is 60.9 Å². The quantitative estimate of drug-likeness (QED) is 0.434. The first-order valence-corrected chi connectivity index (χ1v) is 9.81. The molecule has 2 aromatic rings. The number of aliphatic imine (C=N–C) groups is 1. The molecule has 0 spiro atoms. The smallest absolute Gasteiger partial charge is 0.140 e. The number of halogens is 3. The molecule has 4 nitrogen and oxygen atoms in total. The predicted octanol–water partition coefficient (Wildman–Crippen LogP) is 5.49. The van der Waals surface area contributed by atoms with Crippen LogP contribution < -0.4 is 0 Å². The van der Waals surface area contributed by atoms with E-state index < -0.39 is 5.60 Å². The molecule has 1 heterocycles. The minimum absolute atomic E-state index is 0.179. The van der Waals surface area contributed by atoms with Crippen molar-refractivity contribution in [2.45, 2.75) is 26.1 Å². The van der Waals surface area contributed by atoms with Gasteiger partial charge in [-0.2, -0.15) is 0 Å². The van der Waals surface area contributed by atoms with Crippen LogP contribution in [0, 0.1) is 12.7 Å². The Morgan fingerprint density at radius 3 is 2.64 bits per heavy atom. The summed E-state index contributed by atoms with van der Waals surface area (Å²) in [4.78, 5) is 6.42. The van der Waals surface area contributed by atoms with Crippen LogP contribution in [0.2, 0.25) is 10.0 Å². The fraction of sp³-hybridized carbons (Fsp3) is 0.381. The lowest BCUT2D eigenvalue weighted by molar-refractivity contribution is -0.223. The van der Waals surface area contributed by atoms with Crippen LogP contribution in [0.1, 0.15) is 23.6 Å². The van der Waals surface area contributed by atoms with Crippen molar-refractivity contribution in [3.8, 4) is 0 Å². The van der Waals surface area contributed by atoms with E-state index in [9.17, 15) is 4.39 Å². The lowest BCUT2D eigenvalue weighted by atomic mass is 9.88. The average Bonchev–Trinajstić information content (AvgIpc) is 2.64. The number of ether oxygens (including phenoxy) is 2. The minimum atomic E-state index is -0.633. The molecule has 1 saturated heterocycles. The fourth-order valence-corrected chi connectivity index (χ4v) is 3.36. The van der Waals surface area contributed by atoms with Gasteiger partial charge in [0.15, 0.2) is 0 Å². The summed E-state index contributed by atoms with van der Waals surface area (Å²) in [5.41, 5.74) is 2.61. The van der Waals surface area contributed by atoms with E-state index in [1.165, 1.54) is 18.2 Å². The Kier molecular flexibility index (Phi) is 6.61. The molecule has 150 valence electrons. The van der Waals surface area contributed by atoms with E-state index >= 15 is 0 Å². The van der Waals surface area contributed by atoms with E-state index in [4.69, 9.17) is 32.7 Å². The highest BCUT2D eigenvalue weighted by atomic mass is 35.5. The van der Waals surface area contributed by atoms with Crippen LogP contribution in [0.4, 0.5) is 10.1 Å². The summed E-state index contributed by atoms with van der Waals surface area (Å²) in [5.74, 6) is -0.347. The van der Waals surface area contributed by atoms with Crippen molar-refractivity contribution >= 4 is 35.2 Å². The first-order valence-electron chi connectivity index (χ1n) is 9.05. The van der Waals surface area contributed by atoms with E-state index in [1.54, 1.807) is 6.34 Å². The van der Waals surface area contributed by atoms with Crippen molar-refractivity contribution in [1.29, 1.82) is 0 Å². The summed E-state index contributed by atoms with van der Waals surface area (Å²) < 4.78 is 25.2. The van der Waals surface area contributed by atoms with Crippen molar-refractivity contribution < 1.29 is 13.9 Å². The molecular weight excluding hydrogens is 402 g/mol. The molecule has 1 aliphatic heterocycles. The van der Waals surface area contributed by atoms with Crippen LogP contribution in [0.25, 0.3) is 0 Å². The molecule has 0 unspecified atom stereocenters. The second-order valence-electron chi connectivity index (χ2n) is 6.95. The van der Waals surface area contributed by atoms with Gasteiger partial charge < -0.3 is 14.4 Å². The van der Waals surface area contributed by atoms with Crippen molar-refractivity contribution in [3.05, 3.63) is 62.9 Å². The van der Waals surface area contributed by atoms with E-state index in [-0.39, 0.29) is 12.4 Å². The first-order chi connectivity index (χ1) is 13.3. The van der Waals surface area contributed by atoms with Crippen LogP contribution in [-0.4, -0.2) is 38.0 Å². The summed E-state index contributed by atoms with van der Waals surface area (Å²) in [6, 6.07) is 8.06. The third-order valence-electron chi connectivity index (χ3n) is 4.86. The van der Waals surface area contributed by atoms with E-state index in [0.29, 0.717) is 34.5 Å². The monoisotopic (exact) mass is 424 g/mol. The fourth-order valence-electron chi connectivity index (χ4n) is 2.97. The van der Waals surface area contributed by atoms with Gasteiger partial charge in [-0.15, -0.1) is 0 Å². The van der Waals surface area contributed by atoms with Crippen LogP contribution in [0.3, 0.4) is 0 Å². The Hall–Kier alpha value is -1.66. The number of aryl methyl sites for hydroxylation is 1. The van der Waals surface area contributed by atoms with Crippen LogP contribution in [0.5, 0.6) is 0 Å². The molecule has 0 radical (unpaired) electrons. The van der Waals surface area contributed by atoms with Gasteiger partial charge in [-0.25, -0.2) is 9.38 Å². The van der Waals surface area contributed by atoms with Crippen LogP contribution >= 0.6 is 23.2 Å². The molecule has 7 heteroatoms. The zero-order valence-electron chi connectivity index (χ0n) is 16.1. The Balaban J connectivity index is 1.84. The summed E-state index contributed by atoms with van der Waals surface area (Å²) in [7, 11) is 1.95. The highest BCUT2D eigenvalue weighted by Crippen LogP contribution is 2.40. The molecule has 1 fully saturated rings. The molecule has 0 aliphatic carbocycles. The molecule has 0 N–H and O–H groups in total. The van der Waals surface area contributed by atoms with Gasteiger partial charge in [-0.1, -0.05) is 23.2 Å². The normalized spacial score (nSPS) is 15.6. The van der Waals surface area contributed by atoms with Crippen LogP contribution in [0.15, 0.2) is 35.3 Å². The van der Waals surface area contributed by atoms with Crippen molar-refractivity contribution in [3.63, 3.8) is 0 Å². The van der Waals surface area contributed by atoms with E-state index in [0.717, 1.165) is 17.7 Å². The predicted molar refractivity (Wildman–Crippen MR) is 111 cm³/mol. The van der Waals surface area contributed by atoms with Crippen LogP contribution in [-0.2, 0) is 21.7 Å². The van der Waals surface area contributed by atoms with Gasteiger partial charge in [-0.3, -0.25) is 0 Å². The van der Waals surface area contributed by atoms with Gasteiger partial charge in [0.2, 0.25) is 0 Å². The molecule has 3 rings (SSSR count). The minimum Gasteiger partial charge on any atom is -0.375 e. The first kappa shape index (κ1) is 21.1. The van der Waals surface area contributed by atoms with Gasteiger partial charge in [0.25, 0.3) is 0 Å². The van der Waals surface area contributed by atoms with Gasteiger partial charge in [0.1, 0.15) is 11.4 Å². The zero-order valence-corrected chi connectivity index (χ0v) is 17.6.